The second-order valence-corrected chi connectivity index (χ2v) is 5.17. The van der Waals surface area contributed by atoms with Crippen molar-refractivity contribution in [2.75, 3.05) is 32.7 Å². The van der Waals surface area contributed by atoms with Gasteiger partial charge in [0, 0.05) is 38.8 Å². The van der Waals surface area contributed by atoms with Crippen LogP contribution in [0, 0.1) is 5.41 Å². The van der Waals surface area contributed by atoms with Crippen LogP contribution in [0.3, 0.4) is 0 Å². The van der Waals surface area contributed by atoms with E-state index in [1.54, 1.807) is 7.11 Å². The van der Waals surface area contributed by atoms with Crippen molar-refractivity contribution in [3.05, 3.63) is 24.0 Å². The minimum Gasteiger partial charge on any atom is -0.384 e. The lowest BCUT2D eigenvalue weighted by Gasteiger charge is -2.23. The highest BCUT2D eigenvalue weighted by atomic mass is 16.5. The first kappa shape index (κ1) is 13.0. The highest BCUT2D eigenvalue weighted by molar-refractivity contribution is 5.44. The van der Waals surface area contributed by atoms with Crippen molar-refractivity contribution in [2.24, 2.45) is 5.41 Å². The Balaban J connectivity index is 2.77. The van der Waals surface area contributed by atoms with Crippen molar-refractivity contribution < 1.29 is 4.74 Å². The minimum absolute atomic E-state index is 0.132. The van der Waals surface area contributed by atoms with E-state index in [4.69, 9.17) is 4.74 Å². The molecule has 0 aliphatic heterocycles. The molecule has 0 amide bonds. The number of methoxy groups -OCH3 is 1. The van der Waals surface area contributed by atoms with Crippen LogP contribution >= 0.6 is 0 Å². The van der Waals surface area contributed by atoms with Gasteiger partial charge in [0.2, 0.25) is 0 Å². The van der Waals surface area contributed by atoms with Crippen molar-refractivity contribution in [3.8, 4) is 0 Å². The number of ether oxygens (including phenoxy) is 1. The zero-order valence-electron chi connectivity index (χ0n) is 10.9. The van der Waals surface area contributed by atoms with Gasteiger partial charge < -0.3 is 9.64 Å². The summed E-state index contributed by atoms with van der Waals surface area (Å²) in [6.45, 7) is 5.14. The van der Waals surface area contributed by atoms with Gasteiger partial charge in [-0.05, 0) is 24.0 Å². The van der Waals surface area contributed by atoms with Crippen molar-refractivity contribution >= 4 is 5.69 Å². The van der Waals surface area contributed by atoms with Crippen LogP contribution in [0.2, 0.25) is 0 Å². The monoisotopic (exact) mass is 222 g/mol. The molecule has 0 aromatic carbocycles. The first-order chi connectivity index (χ1) is 7.44. The number of hydrogen-bond acceptors (Lipinski definition) is 3. The van der Waals surface area contributed by atoms with E-state index in [0.717, 1.165) is 18.7 Å². The Morgan fingerprint density at radius 3 is 2.62 bits per heavy atom. The molecule has 1 rings (SSSR count). The summed E-state index contributed by atoms with van der Waals surface area (Å²) in [5.41, 5.74) is 2.44. The molecule has 0 N–H and O–H groups in total. The lowest BCUT2D eigenvalue weighted by molar-refractivity contribution is 0.104. The van der Waals surface area contributed by atoms with Gasteiger partial charge in [-0.25, -0.2) is 0 Å². The SMILES string of the molecule is COCC(C)(C)Cc1cc(N(C)C)ccn1. The molecular weight excluding hydrogens is 200 g/mol. The highest BCUT2D eigenvalue weighted by Gasteiger charge is 2.19. The fourth-order valence-electron chi connectivity index (χ4n) is 1.77. The summed E-state index contributed by atoms with van der Waals surface area (Å²) in [5.74, 6) is 0. The number of nitrogens with zero attached hydrogens (tertiary/aromatic N) is 2. The quantitative estimate of drug-likeness (QED) is 0.764. The third-order valence-corrected chi connectivity index (χ3v) is 2.51. The van der Waals surface area contributed by atoms with Crippen LogP contribution in [0.1, 0.15) is 19.5 Å². The van der Waals surface area contributed by atoms with Gasteiger partial charge in [-0.1, -0.05) is 13.8 Å². The predicted molar refractivity (Wildman–Crippen MR) is 67.9 cm³/mol. The van der Waals surface area contributed by atoms with Gasteiger partial charge in [-0.3, -0.25) is 4.98 Å². The molecule has 0 saturated carbocycles. The fourth-order valence-corrected chi connectivity index (χ4v) is 1.77. The first-order valence-corrected chi connectivity index (χ1v) is 5.56. The van der Waals surface area contributed by atoms with Gasteiger partial charge in [0.05, 0.1) is 6.61 Å². The van der Waals surface area contributed by atoms with E-state index in [0.29, 0.717) is 0 Å². The lowest BCUT2D eigenvalue weighted by atomic mass is 9.88. The zero-order chi connectivity index (χ0) is 12.2. The van der Waals surface area contributed by atoms with Gasteiger partial charge >= 0.3 is 0 Å². The Morgan fingerprint density at radius 2 is 2.06 bits per heavy atom. The Labute approximate surface area is 98.4 Å². The van der Waals surface area contributed by atoms with Crippen LogP contribution in [0.4, 0.5) is 5.69 Å². The largest absolute Gasteiger partial charge is 0.384 e. The van der Waals surface area contributed by atoms with Crippen LogP contribution in [0.25, 0.3) is 0 Å². The van der Waals surface area contributed by atoms with Gasteiger partial charge in [0.25, 0.3) is 0 Å². The molecule has 0 fully saturated rings. The molecule has 0 unspecified atom stereocenters. The Morgan fingerprint density at radius 1 is 1.38 bits per heavy atom. The molecule has 0 saturated heterocycles. The highest BCUT2D eigenvalue weighted by Crippen LogP contribution is 2.22. The van der Waals surface area contributed by atoms with E-state index in [2.05, 4.69) is 29.8 Å². The minimum atomic E-state index is 0.132. The third kappa shape index (κ3) is 3.81. The number of hydrogen-bond donors (Lipinski definition) is 0. The molecule has 0 atom stereocenters. The third-order valence-electron chi connectivity index (χ3n) is 2.51. The summed E-state index contributed by atoms with van der Waals surface area (Å²) in [4.78, 5) is 6.50. The Kier molecular flexibility index (Phi) is 4.30. The standard InChI is InChI=1S/C13H22N2O/c1-13(2,10-16-5)9-11-8-12(15(3)4)6-7-14-11/h6-8H,9-10H2,1-5H3. The van der Waals surface area contributed by atoms with Crippen molar-refractivity contribution in [3.63, 3.8) is 0 Å². The number of rotatable bonds is 5. The van der Waals surface area contributed by atoms with E-state index in [1.807, 2.05) is 26.4 Å². The molecule has 0 radical (unpaired) electrons. The average molecular weight is 222 g/mol. The van der Waals surface area contributed by atoms with Crippen molar-refractivity contribution in [1.29, 1.82) is 0 Å². The summed E-state index contributed by atoms with van der Waals surface area (Å²) < 4.78 is 5.22. The molecule has 16 heavy (non-hydrogen) atoms. The number of anilines is 1. The molecule has 1 aromatic rings. The lowest BCUT2D eigenvalue weighted by Crippen LogP contribution is -2.22. The predicted octanol–water partition coefficient (Wildman–Crippen LogP) is 2.36. The van der Waals surface area contributed by atoms with E-state index in [-0.39, 0.29) is 5.41 Å². The molecule has 1 aromatic heterocycles. The molecular formula is C13H22N2O. The fraction of sp³-hybridized carbons (Fsp3) is 0.615. The summed E-state index contributed by atoms with van der Waals surface area (Å²) in [6, 6.07) is 4.16. The van der Waals surface area contributed by atoms with Crippen molar-refractivity contribution in [2.45, 2.75) is 20.3 Å². The number of aromatic nitrogens is 1. The molecule has 1 heterocycles. The Hall–Kier alpha value is -1.09. The van der Waals surface area contributed by atoms with Gasteiger partial charge in [-0.2, -0.15) is 0 Å². The van der Waals surface area contributed by atoms with Crippen LogP contribution < -0.4 is 4.90 Å². The van der Waals surface area contributed by atoms with E-state index < -0.39 is 0 Å². The van der Waals surface area contributed by atoms with Crippen LogP contribution in [-0.2, 0) is 11.2 Å². The molecule has 0 aliphatic rings. The van der Waals surface area contributed by atoms with Crippen LogP contribution in [0.5, 0.6) is 0 Å². The topological polar surface area (TPSA) is 25.4 Å². The normalized spacial score (nSPS) is 11.6. The summed E-state index contributed by atoms with van der Waals surface area (Å²) >= 11 is 0. The van der Waals surface area contributed by atoms with E-state index in [1.165, 1.54) is 5.69 Å². The summed E-state index contributed by atoms with van der Waals surface area (Å²) in [6.07, 6.45) is 2.80. The maximum absolute atomic E-state index is 5.22. The maximum atomic E-state index is 5.22. The molecule has 3 heteroatoms. The van der Waals surface area contributed by atoms with Crippen LogP contribution in [-0.4, -0.2) is 32.8 Å². The Bertz CT molecular complexity index is 334. The van der Waals surface area contributed by atoms with E-state index >= 15 is 0 Å². The molecule has 90 valence electrons. The van der Waals surface area contributed by atoms with Gasteiger partial charge in [0.1, 0.15) is 0 Å². The maximum Gasteiger partial charge on any atom is 0.0517 e. The molecule has 3 nitrogen and oxygen atoms in total. The molecule has 0 bridgehead atoms. The smallest absolute Gasteiger partial charge is 0.0517 e. The number of pyridine rings is 1. The summed E-state index contributed by atoms with van der Waals surface area (Å²) in [5, 5.41) is 0. The molecule has 0 aliphatic carbocycles. The second-order valence-electron chi connectivity index (χ2n) is 5.17. The van der Waals surface area contributed by atoms with E-state index in [9.17, 15) is 0 Å². The average Bonchev–Trinajstić information content (AvgIpc) is 2.17. The second kappa shape index (κ2) is 5.30. The first-order valence-electron chi connectivity index (χ1n) is 5.56. The van der Waals surface area contributed by atoms with Gasteiger partial charge in [0.15, 0.2) is 0 Å². The summed E-state index contributed by atoms with van der Waals surface area (Å²) in [7, 11) is 5.82. The van der Waals surface area contributed by atoms with Crippen LogP contribution in [0.15, 0.2) is 18.3 Å². The van der Waals surface area contributed by atoms with Crippen molar-refractivity contribution in [1.82, 2.24) is 4.98 Å². The zero-order valence-corrected chi connectivity index (χ0v) is 10.9. The van der Waals surface area contributed by atoms with Gasteiger partial charge in [-0.15, -0.1) is 0 Å². The molecule has 0 spiro atoms.